The average molecular weight is 272 g/mol. The highest BCUT2D eigenvalue weighted by atomic mass is 79.9. The SMILES string of the molecule is OC(c1cc(Br)cnc1Cl)C(F)F. The number of hydrogen-bond donors (Lipinski definition) is 1. The summed E-state index contributed by atoms with van der Waals surface area (Å²) in [6.45, 7) is 0. The van der Waals surface area contributed by atoms with Gasteiger partial charge in [-0.2, -0.15) is 0 Å². The summed E-state index contributed by atoms with van der Waals surface area (Å²) in [5.74, 6) is 0. The van der Waals surface area contributed by atoms with Crippen molar-refractivity contribution in [3.8, 4) is 0 Å². The topological polar surface area (TPSA) is 33.1 Å². The van der Waals surface area contributed by atoms with Crippen molar-refractivity contribution in [3.05, 3.63) is 27.5 Å². The maximum absolute atomic E-state index is 12.1. The summed E-state index contributed by atoms with van der Waals surface area (Å²) in [4.78, 5) is 3.61. The highest BCUT2D eigenvalue weighted by molar-refractivity contribution is 9.10. The van der Waals surface area contributed by atoms with Crippen LogP contribution in [0.2, 0.25) is 5.15 Å². The smallest absolute Gasteiger partial charge is 0.268 e. The number of pyridine rings is 1. The molecule has 1 heterocycles. The number of halogens is 4. The van der Waals surface area contributed by atoms with Crippen LogP contribution in [0.3, 0.4) is 0 Å². The lowest BCUT2D eigenvalue weighted by molar-refractivity contribution is -0.00593. The Morgan fingerprint density at radius 2 is 2.15 bits per heavy atom. The molecule has 0 radical (unpaired) electrons. The molecule has 0 bridgehead atoms. The van der Waals surface area contributed by atoms with Crippen LogP contribution in [0.1, 0.15) is 11.7 Å². The Balaban J connectivity index is 3.05. The van der Waals surface area contributed by atoms with Crippen molar-refractivity contribution < 1.29 is 13.9 Å². The first kappa shape index (κ1) is 10.8. The van der Waals surface area contributed by atoms with E-state index in [0.29, 0.717) is 4.47 Å². The molecule has 0 aliphatic carbocycles. The summed E-state index contributed by atoms with van der Waals surface area (Å²) < 4.78 is 24.6. The molecule has 1 aromatic heterocycles. The zero-order chi connectivity index (χ0) is 10.0. The molecule has 1 atom stereocenters. The second-order valence-corrected chi connectivity index (χ2v) is 3.59. The monoisotopic (exact) mass is 271 g/mol. The van der Waals surface area contributed by atoms with Crippen LogP contribution in [-0.2, 0) is 0 Å². The second kappa shape index (κ2) is 4.30. The fraction of sp³-hybridized carbons (Fsp3) is 0.286. The number of aliphatic hydroxyl groups excluding tert-OH is 1. The van der Waals surface area contributed by atoms with Crippen LogP contribution in [0.5, 0.6) is 0 Å². The van der Waals surface area contributed by atoms with Crippen molar-refractivity contribution in [3.63, 3.8) is 0 Å². The number of aliphatic hydroxyl groups is 1. The molecule has 0 fully saturated rings. The van der Waals surface area contributed by atoms with Gasteiger partial charge < -0.3 is 5.11 Å². The van der Waals surface area contributed by atoms with Crippen LogP contribution in [0.4, 0.5) is 8.78 Å². The normalized spacial score (nSPS) is 13.4. The quantitative estimate of drug-likeness (QED) is 0.840. The van der Waals surface area contributed by atoms with Gasteiger partial charge in [-0.1, -0.05) is 11.6 Å². The Labute approximate surface area is 86.7 Å². The minimum absolute atomic E-state index is 0.0777. The Morgan fingerprint density at radius 1 is 1.54 bits per heavy atom. The van der Waals surface area contributed by atoms with Gasteiger partial charge in [-0.15, -0.1) is 0 Å². The molecular weight excluding hydrogens is 267 g/mol. The molecule has 0 amide bonds. The van der Waals surface area contributed by atoms with Crippen molar-refractivity contribution in [1.82, 2.24) is 4.98 Å². The Morgan fingerprint density at radius 3 is 2.69 bits per heavy atom. The zero-order valence-corrected chi connectivity index (χ0v) is 8.56. The van der Waals surface area contributed by atoms with Crippen LogP contribution >= 0.6 is 27.5 Å². The van der Waals surface area contributed by atoms with Gasteiger partial charge in [-0.25, -0.2) is 13.8 Å². The number of hydrogen-bond acceptors (Lipinski definition) is 2. The van der Waals surface area contributed by atoms with Gasteiger partial charge in [-0.3, -0.25) is 0 Å². The lowest BCUT2D eigenvalue weighted by atomic mass is 10.2. The molecule has 2 nitrogen and oxygen atoms in total. The van der Waals surface area contributed by atoms with E-state index in [4.69, 9.17) is 16.7 Å². The first-order valence-electron chi connectivity index (χ1n) is 3.29. The molecule has 0 saturated carbocycles. The standard InChI is InChI=1S/C7H5BrClF2NO/c8-3-1-4(5(13)7(10)11)6(9)12-2-3/h1-2,5,7,13H. The predicted molar refractivity (Wildman–Crippen MR) is 47.9 cm³/mol. The van der Waals surface area contributed by atoms with E-state index in [0.717, 1.165) is 0 Å². The summed E-state index contributed by atoms with van der Waals surface area (Å²) in [6, 6.07) is 1.31. The third-order valence-corrected chi connectivity index (χ3v) is 2.14. The third-order valence-electron chi connectivity index (χ3n) is 1.39. The van der Waals surface area contributed by atoms with E-state index in [1.165, 1.54) is 12.3 Å². The molecule has 1 N–H and O–H groups in total. The van der Waals surface area contributed by atoms with Gasteiger partial charge in [0, 0.05) is 16.2 Å². The minimum atomic E-state index is -2.87. The maximum atomic E-state index is 12.1. The van der Waals surface area contributed by atoms with E-state index in [-0.39, 0.29) is 10.7 Å². The van der Waals surface area contributed by atoms with Gasteiger partial charge in [0.1, 0.15) is 11.3 Å². The van der Waals surface area contributed by atoms with Gasteiger partial charge in [0.05, 0.1) is 0 Å². The van der Waals surface area contributed by atoms with E-state index in [1.54, 1.807) is 0 Å². The molecule has 1 aromatic rings. The van der Waals surface area contributed by atoms with Crippen molar-refractivity contribution in [1.29, 1.82) is 0 Å². The lowest BCUT2D eigenvalue weighted by Gasteiger charge is -2.10. The molecule has 1 unspecified atom stereocenters. The van der Waals surface area contributed by atoms with E-state index in [1.807, 2.05) is 0 Å². The van der Waals surface area contributed by atoms with Crippen LogP contribution in [0.25, 0.3) is 0 Å². The molecule has 72 valence electrons. The van der Waals surface area contributed by atoms with Gasteiger partial charge in [-0.05, 0) is 22.0 Å². The predicted octanol–water partition coefficient (Wildman–Crippen LogP) is 2.80. The Bertz CT molecular complexity index is 311. The average Bonchev–Trinajstić information content (AvgIpc) is 2.08. The lowest BCUT2D eigenvalue weighted by Crippen LogP contribution is -2.09. The number of nitrogens with zero attached hydrogens (tertiary/aromatic N) is 1. The number of alkyl halides is 2. The van der Waals surface area contributed by atoms with Crippen LogP contribution < -0.4 is 0 Å². The van der Waals surface area contributed by atoms with Crippen molar-refractivity contribution >= 4 is 27.5 Å². The highest BCUT2D eigenvalue weighted by Crippen LogP contribution is 2.27. The maximum Gasteiger partial charge on any atom is 0.268 e. The van der Waals surface area contributed by atoms with Gasteiger partial charge in [0.15, 0.2) is 0 Å². The molecule has 0 aromatic carbocycles. The summed E-state index contributed by atoms with van der Waals surface area (Å²) in [5, 5.41) is 8.89. The summed E-state index contributed by atoms with van der Waals surface area (Å²) in [7, 11) is 0. The van der Waals surface area contributed by atoms with Crippen LogP contribution in [-0.4, -0.2) is 16.5 Å². The van der Waals surface area contributed by atoms with E-state index < -0.39 is 12.5 Å². The highest BCUT2D eigenvalue weighted by Gasteiger charge is 2.22. The van der Waals surface area contributed by atoms with Crippen molar-refractivity contribution in [2.45, 2.75) is 12.5 Å². The minimum Gasteiger partial charge on any atom is -0.382 e. The van der Waals surface area contributed by atoms with E-state index in [2.05, 4.69) is 20.9 Å². The van der Waals surface area contributed by atoms with Gasteiger partial charge >= 0.3 is 0 Å². The molecule has 0 spiro atoms. The first-order chi connectivity index (χ1) is 6.02. The van der Waals surface area contributed by atoms with Crippen LogP contribution in [0, 0.1) is 0 Å². The summed E-state index contributed by atoms with van der Waals surface area (Å²) in [5.41, 5.74) is -0.0777. The van der Waals surface area contributed by atoms with E-state index >= 15 is 0 Å². The molecule has 0 saturated heterocycles. The van der Waals surface area contributed by atoms with E-state index in [9.17, 15) is 8.78 Å². The molecule has 1 rings (SSSR count). The number of aromatic nitrogens is 1. The molecule has 0 aliphatic rings. The van der Waals surface area contributed by atoms with Gasteiger partial charge in [0.25, 0.3) is 6.43 Å². The number of rotatable bonds is 2. The third kappa shape index (κ3) is 2.59. The molecule has 6 heteroatoms. The van der Waals surface area contributed by atoms with Gasteiger partial charge in [0.2, 0.25) is 0 Å². The Kier molecular flexibility index (Phi) is 3.58. The molecular formula is C7H5BrClF2NO. The molecule has 13 heavy (non-hydrogen) atoms. The van der Waals surface area contributed by atoms with Crippen molar-refractivity contribution in [2.24, 2.45) is 0 Å². The molecule has 0 aliphatic heterocycles. The fourth-order valence-electron chi connectivity index (χ4n) is 0.781. The summed E-state index contributed by atoms with van der Waals surface area (Å²) >= 11 is 8.55. The Hall–Kier alpha value is -0.260. The van der Waals surface area contributed by atoms with Crippen molar-refractivity contribution in [2.75, 3.05) is 0 Å². The second-order valence-electron chi connectivity index (χ2n) is 2.31. The fourth-order valence-corrected chi connectivity index (χ4v) is 1.35. The van der Waals surface area contributed by atoms with Crippen LogP contribution in [0.15, 0.2) is 16.7 Å². The summed E-state index contributed by atoms with van der Waals surface area (Å²) in [6.07, 6.45) is -3.39. The zero-order valence-electron chi connectivity index (χ0n) is 6.22. The first-order valence-corrected chi connectivity index (χ1v) is 4.46. The largest absolute Gasteiger partial charge is 0.382 e.